The van der Waals surface area contributed by atoms with Crippen LogP contribution in [0, 0.1) is 11.3 Å². The highest BCUT2D eigenvalue weighted by Crippen LogP contribution is 2.24. The van der Waals surface area contributed by atoms with Gasteiger partial charge in [-0.05, 0) is 18.4 Å². The normalized spacial score (nSPS) is 15.3. The van der Waals surface area contributed by atoms with E-state index in [2.05, 4.69) is 26.1 Å². The van der Waals surface area contributed by atoms with Crippen LogP contribution in [0.4, 0.5) is 0 Å². The third-order valence-electron chi connectivity index (χ3n) is 1.90. The minimum atomic E-state index is 0.206. The van der Waals surface area contributed by atoms with Gasteiger partial charge in [0.05, 0.1) is 0 Å². The van der Waals surface area contributed by atoms with Gasteiger partial charge in [-0.1, -0.05) is 20.8 Å². The van der Waals surface area contributed by atoms with Gasteiger partial charge in [0.2, 0.25) is 0 Å². The molecular formula is C8H19NO. The molecular weight excluding hydrogens is 126 g/mol. The average Bonchev–Trinajstić information content (AvgIpc) is 1.80. The first-order valence-electron chi connectivity index (χ1n) is 3.77. The van der Waals surface area contributed by atoms with Crippen molar-refractivity contribution in [2.24, 2.45) is 11.3 Å². The van der Waals surface area contributed by atoms with Crippen molar-refractivity contribution in [3.63, 3.8) is 0 Å². The van der Waals surface area contributed by atoms with E-state index in [1.165, 1.54) is 0 Å². The molecule has 0 fully saturated rings. The van der Waals surface area contributed by atoms with Crippen molar-refractivity contribution in [3.8, 4) is 0 Å². The van der Waals surface area contributed by atoms with Crippen molar-refractivity contribution in [3.05, 3.63) is 0 Å². The fraction of sp³-hybridized carbons (Fsp3) is 1.00. The summed E-state index contributed by atoms with van der Waals surface area (Å²) in [6, 6.07) is 0. The highest BCUT2D eigenvalue weighted by atomic mass is 16.3. The smallest absolute Gasteiger partial charge is 0.0476 e. The number of aliphatic hydroxyl groups is 1. The summed E-state index contributed by atoms with van der Waals surface area (Å²) in [6.07, 6.45) is 0. The predicted molar refractivity (Wildman–Crippen MR) is 44.0 cm³/mol. The highest BCUT2D eigenvalue weighted by Gasteiger charge is 2.22. The molecule has 1 unspecified atom stereocenters. The molecule has 1 atom stereocenters. The van der Waals surface area contributed by atoms with Gasteiger partial charge in [-0.15, -0.1) is 0 Å². The molecule has 62 valence electrons. The molecule has 0 amide bonds. The molecule has 0 aromatic rings. The van der Waals surface area contributed by atoms with Crippen LogP contribution in [0.3, 0.4) is 0 Å². The molecule has 2 nitrogen and oxygen atoms in total. The molecule has 0 heterocycles. The molecule has 0 saturated heterocycles. The molecule has 0 aliphatic rings. The Labute approximate surface area is 63.6 Å². The van der Waals surface area contributed by atoms with Crippen LogP contribution in [0.25, 0.3) is 0 Å². The third-order valence-corrected chi connectivity index (χ3v) is 1.90. The van der Waals surface area contributed by atoms with Crippen molar-refractivity contribution >= 4 is 0 Å². The number of nitrogens with one attached hydrogen (secondary N) is 1. The quantitative estimate of drug-likeness (QED) is 0.617. The van der Waals surface area contributed by atoms with Crippen LogP contribution in [0.2, 0.25) is 0 Å². The maximum atomic E-state index is 8.95. The molecule has 0 spiro atoms. The van der Waals surface area contributed by atoms with Crippen molar-refractivity contribution in [2.75, 3.05) is 20.2 Å². The summed E-state index contributed by atoms with van der Waals surface area (Å²) < 4.78 is 0. The van der Waals surface area contributed by atoms with Crippen LogP contribution in [0.15, 0.2) is 0 Å². The molecule has 0 saturated carbocycles. The molecule has 0 aliphatic heterocycles. The first-order chi connectivity index (χ1) is 4.52. The van der Waals surface area contributed by atoms with Crippen LogP contribution in [0.1, 0.15) is 20.8 Å². The Bertz CT molecular complexity index is 85.7. The first-order valence-corrected chi connectivity index (χ1v) is 3.77. The summed E-state index contributed by atoms with van der Waals surface area (Å²) in [6.45, 7) is 7.59. The summed E-state index contributed by atoms with van der Waals surface area (Å²) in [5, 5.41) is 12.0. The minimum absolute atomic E-state index is 0.206. The number of hydrogen-bond acceptors (Lipinski definition) is 2. The Hall–Kier alpha value is -0.0800. The molecule has 0 aromatic heterocycles. The van der Waals surface area contributed by atoms with Gasteiger partial charge in [0.1, 0.15) is 0 Å². The first kappa shape index (κ1) is 9.92. The van der Waals surface area contributed by atoms with Gasteiger partial charge >= 0.3 is 0 Å². The van der Waals surface area contributed by atoms with Crippen molar-refractivity contribution in [1.29, 1.82) is 0 Å². The van der Waals surface area contributed by atoms with E-state index in [0.29, 0.717) is 5.92 Å². The lowest BCUT2D eigenvalue weighted by molar-refractivity contribution is 0.131. The lowest BCUT2D eigenvalue weighted by Crippen LogP contribution is -2.32. The van der Waals surface area contributed by atoms with Gasteiger partial charge in [0, 0.05) is 13.2 Å². The predicted octanol–water partition coefficient (Wildman–Crippen LogP) is 0.860. The summed E-state index contributed by atoms with van der Waals surface area (Å²) in [5.41, 5.74) is 0.206. The van der Waals surface area contributed by atoms with Gasteiger partial charge < -0.3 is 10.4 Å². The second-order valence-corrected chi connectivity index (χ2v) is 3.80. The van der Waals surface area contributed by atoms with E-state index in [4.69, 9.17) is 5.11 Å². The summed E-state index contributed by atoms with van der Waals surface area (Å²) in [5.74, 6) is 0.359. The molecule has 0 aliphatic carbocycles. The zero-order valence-corrected chi connectivity index (χ0v) is 7.44. The van der Waals surface area contributed by atoms with E-state index in [1.54, 1.807) is 0 Å². The van der Waals surface area contributed by atoms with Crippen LogP contribution in [0.5, 0.6) is 0 Å². The van der Waals surface area contributed by atoms with E-state index in [1.807, 2.05) is 7.05 Å². The summed E-state index contributed by atoms with van der Waals surface area (Å²) in [4.78, 5) is 0. The number of hydrogen-bond donors (Lipinski definition) is 2. The van der Waals surface area contributed by atoms with Crippen LogP contribution >= 0.6 is 0 Å². The minimum Gasteiger partial charge on any atom is -0.396 e. The second kappa shape index (κ2) is 3.94. The molecule has 2 heteroatoms. The van der Waals surface area contributed by atoms with E-state index in [-0.39, 0.29) is 12.0 Å². The number of rotatable bonds is 3. The molecule has 2 N–H and O–H groups in total. The van der Waals surface area contributed by atoms with Gasteiger partial charge in [-0.2, -0.15) is 0 Å². The lowest BCUT2D eigenvalue weighted by atomic mass is 9.81. The molecule has 0 aromatic carbocycles. The van der Waals surface area contributed by atoms with Gasteiger partial charge in [-0.25, -0.2) is 0 Å². The SMILES string of the molecule is CNCC(CO)C(C)(C)C. The lowest BCUT2D eigenvalue weighted by Gasteiger charge is -2.28. The van der Waals surface area contributed by atoms with Crippen LogP contribution in [-0.2, 0) is 0 Å². The number of aliphatic hydroxyl groups excluding tert-OH is 1. The van der Waals surface area contributed by atoms with Gasteiger partial charge in [0.25, 0.3) is 0 Å². The Kier molecular flexibility index (Phi) is 3.91. The van der Waals surface area contributed by atoms with Gasteiger partial charge in [0.15, 0.2) is 0 Å². The second-order valence-electron chi connectivity index (χ2n) is 3.80. The van der Waals surface area contributed by atoms with E-state index < -0.39 is 0 Å². The summed E-state index contributed by atoms with van der Waals surface area (Å²) in [7, 11) is 1.91. The maximum Gasteiger partial charge on any atom is 0.0476 e. The molecule has 0 rings (SSSR count). The largest absolute Gasteiger partial charge is 0.396 e. The van der Waals surface area contributed by atoms with Crippen LogP contribution < -0.4 is 5.32 Å². The van der Waals surface area contributed by atoms with Crippen molar-refractivity contribution in [1.82, 2.24) is 5.32 Å². The highest BCUT2D eigenvalue weighted by molar-refractivity contribution is 4.74. The van der Waals surface area contributed by atoms with E-state index >= 15 is 0 Å². The third kappa shape index (κ3) is 3.18. The molecule has 10 heavy (non-hydrogen) atoms. The fourth-order valence-corrected chi connectivity index (χ4v) is 0.891. The van der Waals surface area contributed by atoms with Crippen molar-refractivity contribution in [2.45, 2.75) is 20.8 Å². The Morgan fingerprint density at radius 1 is 1.40 bits per heavy atom. The standard InChI is InChI=1S/C8H19NO/c1-8(2,3)7(6-10)5-9-4/h7,9-10H,5-6H2,1-4H3. The Morgan fingerprint density at radius 2 is 1.90 bits per heavy atom. The van der Waals surface area contributed by atoms with E-state index in [0.717, 1.165) is 6.54 Å². The maximum absolute atomic E-state index is 8.95. The zero-order chi connectivity index (χ0) is 8.20. The van der Waals surface area contributed by atoms with Gasteiger partial charge in [-0.3, -0.25) is 0 Å². The zero-order valence-electron chi connectivity index (χ0n) is 7.44. The monoisotopic (exact) mass is 145 g/mol. The van der Waals surface area contributed by atoms with Crippen LogP contribution in [-0.4, -0.2) is 25.3 Å². The Morgan fingerprint density at radius 3 is 2.00 bits per heavy atom. The molecule has 0 bridgehead atoms. The van der Waals surface area contributed by atoms with Crippen molar-refractivity contribution < 1.29 is 5.11 Å². The average molecular weight is 145 g/mol. The topological polar surface area (TPSA) is 32.3 Å². The Balaban J connectivity index is 3.81. The van der Waals surface area contributed by atoms with E-state index in [9.17, 15) is 0 Å². The summed E-state index contributed by atoms with van der Waals surface area (Å²) >= 11 is 0. The fourth-order valence-electron chi connectivity index (χ4n) is 0.891. The molecule has 0 radical (unpaired) electrons.